The Hall–Kier alpha value is -10.5. The number of halogens is 2. The van der Waals surface area contributed by atoms with Crippen molar-refractivity contribution in [2.24, 2.45) is 41.2 Å². The first-order valence-corrected chi connectivity index (χ1v) is 41.3. The highest BCUT2D eigenvalue weighted by atomic mass is 35.5. The van der Waals surface area contributed by atoms with Gasteiger partial charge in [0.1, 0.15) is 101 Å². The molecule has 17 rings (SSSR count). The summed E-state index contributed by atoms with van der Waals surface area (Å²) >= 11 is 14.5. The third-order valence-corrected chi connectivity index (χ3v) is 25.2. The lowest BCUT2D eigenvalue weighted by Crippen LogP contribution is -2.63. The SMILES string of the molecule is CN[C@H](CC(C)C)C(=O)N[C@H]1C(=O)N[C@@H](CC(=O)NC(=O)Cc2ccc(OC)cc2)C(=O)N[C@H]2C(=O)N[C@H]3C(=O)N[C@H](C(=O)N[C@H](C(=O)NC4C5CC6CC(C5)CC4C6)c4cc(O)cc(O)c4-c4cc3ccc4O)[C@H](O)c3ccc(c(Cl)c3)Oc3cc2cc(c3O[C@@H]2C[C@H](CO)[C@@H](O)[C@H](O)[C@H]2O[C@H]2C[C@](C)(N)[C@H](O)[C@H](C)O2)Oc2ccc(cc2Cl)[C@H]1O. The number of hydrogen-bond donors (Lipinski definition) is 19. The van der Waals surface area contributed by atoms with Gasteiger partial charge in [-0.15, -0.1) is 0 Å². The van der Waals surface area contributed by atoms with E-state index >= 15 is 28.8 Å². The maximum Gasteiger partial charge on any atom is 0.248 e. The van der Waals surface area contributed by atoms with E-state index in [1.54, 1.807) is 31.2 Å². The van der Waals surface area contributed by atoms with Crippen molar-refractivity contribution in [3.63, 3.8) is 0 Å². The van der Waals surface area contributed by atoms with Crippen molar-refractivity contribution in [2.45, 2.75) is 201 Å². The number of aliphatic hydroxyl groups excluding tert-OH is 6. The molecule has 652 valence electrons. The Morgan fingerprint density at radius 1 is 0.656 bits per heavy atom. The lowest BCUT2D eigenvalue weighted by molar-refractivity contribution is -0.286. The number of nitrogens with two attached hydrogens (primary N) is 1. The van der Waals surface area contributed by atoms with E-state index in [1.807, 2.05) is 13.8 Å². The summed E-state index contributed by atoms with van der Waals surface area (Å²) in [4.78, 5) is 138. The monoisotopic (exact) mass is 1730 g/mol. The first-order valence-electron chi connectivity index (χ1n) is 40.6. The number of phenols is 3. The predicted octanol–water partition coefficient (Wildman–Crippen LogP) is 4.03. The summed E-state index contributed by atoms with van der Waals surface area (Å²) in [6, 6.07) is 6.57. The summed E-state index contributed by atoms with van der Waals surface area (Å²) in [6.45, 7) is 5.97. The van der Waals surface area contributed by atoms with Crippen LogP contribution in [0.15, 0.2) is 103 Å². The van der Waals surface area contributed by atoms with Crippen LogP contribution in [-0.2, 0) is 59.0 Å². The number of carbonyl (C=O) groups excluding carboxylic acids is 9. The largest absolute Gasteiger partial charge is 0.508 e. The topological polar surface area (TPSA) is 525 Å². The average Bonchev–Trinajstić information content (AvgIpc) is 0.759. The number of nitrogens with one attached hydrogen (secondary N) is 9. The Labute approximate surface area is 710 Å². The third kappa shape index (κ3) is 18.6. The maximum atomic E-state index is 16.6. The van der Waals surface area contributed by atoms with E-state index in [0.717, 1.165) is 86.7 Å². The van der Waals surface area contributed by atoms with Gasteiger partial charge in [0, 0.05) is 47.7 Å². The molecule has 0 aromatic heterocycles. The van der Waals surface area contributed by atoms with E-state index < -0.39 is 222 Å². The van der Waals surface area contributed by atoms with Gasteiger partial charge in [-0.25, -0.2) is 0 Å². The van der Waals surface area contributed by atoms with Crippen molar-refractivity contribution < 1.29 is 118 Å². The molecular formula is C86H100Cl2N10O24. The van der Waals surface area contributed by atoms with Crippen molar-refractivity contribution in [3.05, 3.63) is 147 Å². The molecule has 0 unspecified atom stereocenters. The van der Waals surface area contributed by atoms with Gasteiger partial charge in [0.05, 0.1) is 54.4 Å². The van der Waals surface area contributed by atoms with Gasteiger partial charge < -0.3 is 123 Å². The number of imide groups is 1. The molecule has 122 heavy (non-hydrogen) atoms. The minimum Gasteiger partial charge on any atom is -0.508 e. The number of hydrogen-bond acceptors (Lipinski definition) is 26. The molecule has 0 radical (unpaired) electrons. The summed E-state index contributed by atoms with van der Waals surface area (Å²) in [5.41, 5.74) is 3.52. The smallest absolute Gasteiger partial charge is 0.248 e. The van der Waals surface area contributed by atoms with E-state index in [0.29, 0.717) is 23.1 Å². The second-order valence-corrected chi connectivity index (χ2v) is 34.7. The summed E-state index contributed by atoms with van der Waals surface area (Å²) in [5.74, 6) is -14.8. The zero-order valence-corrected chi connectivity index (χ0v) is 68.9. The molecule has 6 fully saturated rings. The van der Waals surface area contributed by atoms with Crippen LogP contribution < -0.4 is 72.5 Å². The number of aromatic hydroxyl groups is 3. The van der Waals surface area contributed by atoms with Gasteiger partial charge in [0.25, 0.3) is 0 Å². The fourth-order valence-electron chi connectivity index (χ4n) is 18.5. The van der Waals surface area contributed by atoms with E-state index in [4.69, 9.17) is 57.4 Å². The second-order valence-electron chi connectivity index (χ2n) is 33.9. The van der Waals surface area contributed by atoms with E-state index in [9.17, 15) is 60.3 Å². The highest BCUT2D eigenvalue weighted by molar-refractivity contribution is 6.32. The van der Waals surface area contributed by atoms with Gasteiger partial charge in [-0.2, -0.15) is 0 Å². The molecule has 34 nitrogen and oxygen atoms in total. The number of benzene rings is 6. The molecule has 0 spiro atoms. The summed E-state index contributed by atoms with van der Waals surface area (Å²) in [5, 5.41) is 130. The van der Waals surface area contributed by atoms with E-state index in [-0.39, 0.29) is 98.0 Å². The fourth-order valence-corrected chi connectivity index (χ4v) is 19.0. The molecule has 11 aliphatic rings. The van der Waals surface area contributed by atoms with Gasteiger partial charge in [-0.1, -0.05) is 67.4 Å². The summed E-state index contributed by atoms with van der Waals surface area (Å²) < 4.78 is 38.5. The van der Waals surface area contributed by atoms with Gasteiger partial charge in [-0.3, -0.25) is 48.5 Å². The predicted molar refractivity (Wildman–Crippen MR) is 435 cm³/mol. The molecule has 5 aliphatic carbocycles. The molecule has 20 N–H and O–H groups in total. The van der Waals surface area contributed by atoms with Crippen molar-refractivity contribution in [1.29, 1.82) is 0 Å². The molecule has 6 aromatic carbocycles. The molecule has 6 heterocycles. The van der Waals surface area contributed by atoms with Crippen molar-refractivity contribution in [1.82, 2.24) is 47.9 Å². The lowest BCUT2D eigenvalue weighted by Gasteiger charge is -2.54. The van der Waals surface area contributed by atoms with Crippen molar-refractivity contribution in [2.75, 3.05) is 20.8 Å². The Kier molecular flexibility index (Phi) is 26.0. The van der Waals surface area contributed by atoms with Crippen LogP contribution in [0.3, 0.4) is 0 Å². The van der Waals surface area contributed by atoms with Gasteiger partial charge in [0.2, 0.25) is 58.9 Å². The first-order chi connectivity index (χ1) is 58.0. The van der Waals surface area contributed by atoms with Crippen LogP contribution in [-0.4, -0.2) is 199 Å². The Balaban J connectivity index is 0.965. The van der Waals surface area contributed by atoms with Crippen LogP contribution in [0.2, 0.25) is 10.0 Å². The highest BCUT2D eigenvalue weighted by Gasteiger charge is 2.53. The van der Waals surface area contributed by atoms with E-state index in [1.165, 1.54) is 45.3 Å². The molecule has 36 heteroatoms. The summed E-state index contributed by atoms with van der Waals surface area (Å²) in [7, 11) is 2.91. The van der Waals surface area contributed by atoms with E-state index in [2.05, 4.69) is 47.9 Å². The molecule has 9 amide bonds. The summed E-state index contributed by atoms with van der Waals surface area (Å²) in [6.07, 6.45) is -12.2. The average molecular weight is 1730 g/mol. The van der Waals surface area contributed by atoms with Gasteiger partial charge in [-0.05, 0) is 196 Å². The third-order valence-electron chi connectivity index (χ3n) is 24.6. The standard InChI is InChI=1S/C86H100Cl2N10O24/c1-35(2)17-53(90-5)79(110)97-70-72(105)41-10-15-57(51(87)25-41)119-59-27-45-28-60(76(59)121-61-29-46(34-99)74(107)75(108)77(61)122-64-33-86(4,89)78(109)36(3)118-64)120-58-16-11-42(26-52(58)88)73(106)71-85(116)96-69(83(114)93-66-43-19-38-18-39(21-43)22-44(66)20-38)50-30-47(100)31-56(102)65(50)49-24-40(9-14-55(49)101)67(81(112)98-71)95-82(113)68(45)94-80(111)54(91-84(70)115)32-63(104)92-62(103)23-37-7-12-48(117-6)13-8-37/h7-16,24-28,30-31,35-36,38-39,43-44,46,53-54,61,64,66-75,77-78,90,99-102,105-109H,17-23,29,32-34,89H2,1-6H3,(H,91,115)(H,93,114)(H,94,111)(H,95,113)(H,96,116)(H,97,110)(H,98,112)(H,92,103,104)/t36-,38?,39?,43?,44?,46+,53+,54-,61+,64-,66?,67+,68+,69-,70+,71-,72+,73+,74+,75-,77-,78+,86-/m0/s1. The number of amides is 9. The number of rotatable bonds is 17. The minimum atomic E-state index is -2.38. The van der Waals surface area contributed by atoms with Crippen LogP contribution in [0, 0.1) is 35.5 Å². The van der Waals surface area contributed by atoms with Crippen LogP contribution in [0.1, 0.15) is 149 Å². The maximum absolute atomic E-state index is 16.6. The molecule has 6 aromatic rings. The molecule has 15 bridgehead atoms. The first kappa shape index (κ1) is 87.9. The van der Waals surface area contributed by atoms with Gasteiger partial charge in [0.15, 0.2) is 17.8 Å². The van der Waals surface area contributed by atoms with Crippen molar-refractivity contribution in [3.8, 4) is 62.9 Å². The zero-order valence-electron chi connectivity index (χ0n) is 67.4. The number of likely N-dealkylation sites (N-methyl/N-ethyl adjacent to an activating group) is 1. The fraction of sp³-hybridized carbons (Fsp3) is 0.477. The van der Waals surface area contributed by atoms with Crippen LogP contribution in [0.4, 0.5) is 0 Å². The Bertz CT molecular complexity index is 5010. The Morgan fingerprint density at radius 2 is 1.27 bits per heavy atom. The van der Waals surface area contributed by atoms with Crippen LogP contribution in [0.25, 0.3) is 11.1 Å². The highest BCUT2D eigenvalue weighted by Crippen LogP contribution is 2.55. The minimum absolute atomic E-state index is 0.0616. The molecule has 18 atom stereocenters. The number of carbonyl (C=O) groups is 9. The quantitative estimate of drug-likeness (QED) is 0.0613. The molecule has 6 aliphatic heterocycles. The molecule has 5 saturated carbocycles. The van der Waals surface area contributed by atoms with Crippen molar-refractivity contribution >= 4 is 76.4 Å². The molecular weight excluding hydrogens is 1630 g/mol. The Morgan fingerprint density at radius 3 is 1.88 bits per heavy atom. The normalized spacial score (nSPS) is 30.8. The van der Waals surface area contributed by atoms with Crippen LogP contribution >= 0.6 is 23.2 Å². The van der Waals surface area contributed by atoms with Gasteiger partial charge >= 0.3 is 0 Å². The zero-order chi connectivity index (χ0) is 87.4. The number of ether oxygens (including phenoxy) is 6. The van der Waals surface area contributed by atoms with Crippen LogP contribution in [0.5, 0.6) is 51.7 Å². The number of aliphatic hydroxyl groups is 6. The number of methoxy groups -OCH3 is 1. The number of fused-ring (bicyclic) bond motifs is 15. The second kappa shape index (κ2) is 36.1. The lowest BCUT2D eigenvalue weighted by atomic mass is 9.54. The molecule has 1 saturated heterocycles. The number of phenolic OH excluding ortho intramolecular Hbond substituents is 3.